The highest BCUT2D eigenvalue weighted by Gasteiger charge is 2.15. The molecule has 2 rings (SSSR count). The monoisotopic (exact) mass is 321 g/mol. The summed E-state index contributed by atoms with van der Waals surface area (Å²) < 4.78 is 24.6. The van der Waals surface area contributed by atoms with Crippen molar-refractivity contribution >= 4 is 15.5 Å². The molecule has 0 unspecified atom stereocenters. The quantitative estimate of drug-likeness (QED) is 0.919. The van der Waals surface area contributed by atoms with E-state index in [-0.39, 0.29) is 11.8 Å². The summed E-state index contributed by atoms with van der Waals surface area (Å²) >= 11 is 0. The molecule has 6 heteroatoms. The first-order valence-electron chi connectivity index (χ1n) is 7.24. The van der Waals surface area contributed by atoms with Crippen molar-refractivity contribution in [2.45, 2.75) is 33.7 Å². The number of rotatable bonds is 5. The first kappa shape index (κ1) is 16.5. The summed E-state index contributed by atoms with van der Waals surface area (Å²) in [7, 11) is -3.00. The second-order valence-electron chi connectivity index (χ2n) is 5.98. The molecule has 0 spiro atoms. The second kappa shape index (κ2) is 6.12. The van der Waals surface area contributed by atoms with Crippen LogP contribution in [0.3, 0.4) is 0 Å². The SMILES string of the molecule is Cc1ccc(C)c(-n2ncc(N[C@H](C)CS(C)(=O)=O)c2C)c1. The van der Waals surface area contributed by atoms with Gasteiger partial charge < -0.3 is 5.32 Å². The number of sulfone groups is 1. The molecule has 1 heterocycles. The van der Waals surface area contributed by atoms with Crippen molar-refractivity contribution in [2.24, 2.45) is 0 Å². The van der Waals surface area contributed by atoms with Gasteiger partial charge in [0.1, 0.15) is 9.84 Å². The summed E-state index contributed by atoms with van der Waals surface area (Å²) in [6.07, 6.45) is 2.99. The van der Waals surface area contributed by atoms with Gasteiger partial charge in [-0.25, -0.2) is 13.1 Å². The van der Waals surface area contributed by atoms with Crippen LogP contribution in [0.1, 0.15) is 23.7 Å². The Kier molecular flexibility index (Phi) is 4.60. The van der Waals surface area contributed by atoms with Crippen LogP contribution in [0.25, 0.3) is 5.69 Å². The van der Waals surface area contributed by atoms with Gasteiger partial charge in [-0.2, -0.15) is 5.10 Å². The standard InChI is InChI=1S/C16H23N3O2S/c1-11-6-7-12(2)16(8-11)19-14(4)15(9-17-19)18-13(3)10-22(5,20)21/h6-9,13,18H,10H2,1-5H3/t13-/m1/s1. The van der Waals surface area contributed by atoms with Crippen molar-refractivity contribution in [3.63, 3.8) is 0 Å². The fourth-order valence-corrected chi connectivity index (χ4v) is 3.49. The van der Waals surface area contributed by atoms with Crippen LogP contribution in [0.4, 0.5) is 5.69 Å². The summed E-state index contributed by atoms with van der Waals surface area (Å²) in [4.78, 5) is 0. The largest absolute Gasteiger partial charge is 0.379 e. The molecule has 0 fully saturated rings. The van der Waals surface area contributed by atoms with Gasteiger partial charge in [-0.1, -0.05) is 12.1 Å². The number of benzene rings is 1. The Labute approximate surface area is 132 Å². The van der Waals surface area contributed by atoms with E-state index in [1.54, 1.807) is 6.20 Å². The van der Waals surface area contributed by atoms with Gasteiger partial charge in [-0.3, -0.25) is 0 Å². The smallest absolute Gasteiger partial charge is 0.149 e. The third-order valence-corrected chi connectivity index (χ3v) is 4.66. The molecule has 0 saturated carbocycles. The van der Waals surface area contributed by atoms with E-state index < -0.39 is 9.84 Å². The van der Waals surface area contributed by atoms with Crippen molar-refractivity contribution in [1.29, 1.82) is 0 Å². The lowest BCUT2D eigenvalue weighted by Gasteiger charge is -2.14. The first-order chi connectivity index (χ1) is 10.2. The Morgan fingerprint density at radius 3 is 2.59 bits per heavy atom. The fourth-order valence-electron chi connectivity index (χ4n) is 2.50. The van der Waals surface area contributed by atoms with Crippen LogP contribution in [0.15, 0.2) is 24.4 Å². The van der Waals surface area contributed by atoms with Gasteiger partial charge in [-0.15, -0.1) is 0 Å². The molecular formula is C16H23N3O2S. The summed E-state index contributed by atoms with van der Waals surface area (Å²) in [5.41, 5.74) is 5.19. The van der Waals surface area contributed by atoms with Crippen molar-refractivity contribution in [1.82, 2.24) is 9.78 Å². The summed E-state index contributed by atoms with van der Waals surface area (Å²) in [5, 5.41) is 7.67. The molecule has 0 radical (unpaired) electrons. The molecule has 1 N–H and O–H groups in total. The summed E-state index contributed by atoms with van der Waals surface area (Å²) in [5.74, 6) is 0.0983. The van der Waals surface area contributed by atoms with Gasteiger partial charge in [0.15, 0.2) is 0 Å². The number of hydrogen-bond acceptors (Lipinski definition) is 4. The van der Waals surface area contributed by atoms with Crippen molar-refractivity contribution < 1.29 is 8.42 Å². The van der Waals surface area contributed by atoms with Crippen LogP contribution in [0, 0.1) is 20.8 Å². The topological polar surface area (TPSA) is 64.0 Å². The number of anilines is 1. The highest BCUT2D eigenvalue weighted by atomic mass is 32.2. The van der Waals surface area contributed by atoms with Crippen LogP contribution in [0.5, 0.6) is 0 Å². The Morgan fingerprint density at radius 2 is 1.95 bits per heavy atom. The molecule has 1 atom stereocenters. The Hall–Kier alpha value is -1.82. The lowest BCUT2D eigenvalue weighted by atomic mass is 10.1. The lowest BCUT2D eigenvalue weighted by molar-refractivity contribution is 0.598. The van der Waals surface area contributed by atoms with E-state index in [0.29, 0.717) is 0 Å². The van der Waals surface area contributed by atoms with E-state index in [9.17, 15) is 8.42 Å². The maximum Gasteiger partial charge on any atom is 0.149 e. The van der Waals surface area contributed by atoms with Gasteiger partial charge >= 0.3 is 0 Å². The van der Waals surface area contributed by atoms with Crippen molar-refractivity contribution in [3.05, 3.63) is 41.2 Å². The van der Waals surface area contributed by atoms with Crippen molar-refractivity contribution in [3.8, 4) is 5.69 Å². The van der Waals surface area contributed by atoms with Gasteiger partial charge in [0.05, 0.1) is 29.0 Å². The van der Waals surface area contributed by atoms with Crippen LogP contribution in [0.2, 0.25) is 0 Å². The zero-order valence-corrected chi connectivity index (χ0v) is 14.5. The molecule has 0 aliphatic heterocycles. The van der Waals surface area contributed by atoms with E-state index in [1.807, 2.05) is 18.5 Å². The van der Waals surface area contributed by atoms with E-state index in [1.165, 1.54) is 11.8 Å². The number of aromatic nitrogens is 2. The van der Waals surface area contributed by atoms with Gasteiger partial charge in [0, 0.05) is 12.3 Å². The van der Waals surface area contributed by atoms with Crippen LogP contribution < -0.4 is 5.32 Å². The minimum Gasteiger partial charge on any atom is -0.379 e. The molecule has 2 aromatic rings. The van der Waals surface area contributed by atoms with Crippen molar-refractivity contribution in [2.75, 3.05) is 17.3 Å². The highest BCUT2D eigenvalue weighted by molar-refractivity contribution is 7.90. The summed E-state index contributed by atoms with van der Waals surface area (Å²) in [6, 6.07) is 6.08. The summed E-state index contributed by atoms with van der Waals surface area (Å²) in [6.45, 7) is 7.93. The maximum absolute atomic E-state index is 11.4. The fraction of sp³-hybridized carbons (Fsp3) is 0.438. The third-order valence-electron chi connectivity index (χ3n) is 3.56. The molecule has 1 aromatic carbocycles. The van der Waals surface area contributed by atoms with E-state index in [0.717, 1.165) is 22.6 Å². The normalized spacial score (nSPS) is 13.1. The second-order valence-corrected chi connectivity index (χ2v) is 8.17. The third kappa shape index (κ3) is 3.88. The number of nitrogens with zero attached hydrogens (tertiary/aromatic N) is 2. The van der Waals surface area contributed by atoms with Gasteiger partial charge in [-0.05, 0) is 44.9 Å². The lowest BCUT2D eigenvalue weighted by Crippen LogP contribution is -2.25. The number of aryl methyl sites for hydroxylation is 2. The van der Waals surface area contributed by atoms with Gasteiger partial charge in [0.25, 0.3) is 0 Å². The zero-order valence-electron chi connectivity index (χ0n) is 13.7. The average Bonchev–Trinajstić information content (AvgIpc) is 2.72. The van der Waals surface area contributed by atoms with E-state index >= 15 is 0 Å². The zero-order chi connectivity index (χ0) is 16.5. The number of hydrogen-bond donors (Lipinski definition) is 1. The Balaban J connectivity index is 2.28. The van der Waals surface area contributed by atoms with Crippen LogP contribution >= 0.6 is 0 Å². The van der Waals surface area contributed by atoms with E-state index in [4.69, 9.17) is 0 Å². The molecule has 1 aromatic heterocycles. The van der Waals surface area contributed by atoms with Gasteiger partial charge in [0.2, 0.25) is 0 Å². The first-order valence-corrected chi connectivity index (χ1v) is 9.30. The molecule has 5 nitrogen and oxygen atoms in total. The van der Waals surface area contributed by atoms with Crippen LogP contribution in [-0.4, -0.2) is 36.2 Å². The minimum atomic E-state index is -3.00. The molecular weight excluding hydrogens is 298 g/mol. The molecule has 0 aliphatic carbocycles. The maximum atomic E-state index is 11.4. The molecule has 0 amide bonds. The molecule has 22 heavy (non-hydrogen) atoms. The minimum absolute atomic E-state index is 0.0983. The molecule has 0 aliphatic rings. The molecule has 0 bridgehead atoms. The Morgan fingerprint density at radius 1 is 1.27 bits per heavy atom. The Bertz CT molecular complexity index is 779. The average molecular weight is 321 g/mol. The number of nitrogens with one attached hydrogen (secondary N) is 1. The van der Waals surface area contributed by atoms with E-state index in [2.05, 4.69) is 42.5 Å². The van der Waals surface area contributed by atoms with Crippen LogP contribution in [-0.2, 0) is 9.84 Å². The molecule has 0 saturated heterocycles. The predicted octanol–water partition coefficient (Wildman–Crippen LogP) is 2.64. The highest BCUT2D eigenvalue weighted by Crippen LogP contribution is 2.22. The predicted molar refractivity (Wildman–Crippen MR) is 90.6 cm³/mol. The molecule has 120 valence electrons.